The summed E-state index contributed by atoms with van der Waals surface area (Å²) in [5, 5.41) is 7.88. The van der Waals surface area contributed by atoms with Crippen molar-refractivity contribution in [3.63, 3.8) is 0 Å². The molecule has 1 aliphatic carbocycles. The van der Waals surface area contributed by atoms with Gasteiger partial charge in [-0.2, -0.15) is 11.3 Å². The van der Waals surface area contributed by atoms with Crippen molar-refractivity contribution in [3.8, 4) is 0 Å². The molecule has 0 bridgehead atoms. The van der Waals surface area contributed by atoms with Crippen molar-refractivity contribution in [2.24, 2.45) is 0 Å². The molecule has 3 N–H and O–H groups in total. The third-order valence-electron chi connectivity index (χ3n) is 3.33. The van der Waals surface area contributed by atoms with Gasteiger partial charge in [-0.05, 0) is 24.3 Å². The van der Waals surface area contributed by atoms with Gasteiger partial charge in [0.1, 0.15) is 10.7 Å². The molecule has 0 atom stereocenters. The summed E-state index contributed by atoms with van der Waals surface area (Å²) in [5.74, 6) is 0.303. The molecule has 0 saturated heterocycles. The van der Waals surface area contributed by atoms with Crippen LogP contribution in [0.15, 0.2) is 16.8 Å². The van der Waals surface area contributed by atoms with Crippen LogP contribution in [0.2, 0.25) is 0 Å². The first-order valence-electron chi connectivity index (χ1n) is 6.34. The Labute approximate surface area is 119 Å². The lowest BCUT2D eigenvalue weighted by atomic mass is 10.2. The maximum Gasteiger partial charge on any atom is 0.207 e. The van der Waals surface area contributed by atoms with Crippen LogP contribution in [0.4, 0.5) is 10.9 Å². The van der Waals surface area contributed by atoms with Crippen molar-refractivity contribution in [1.82, 2.24) is 4.98 Å². The number of carbonyl (C=O) groups excluding carboxylic acids is 1. The van der Waals surface area contributed by atoms with Crippen molar-refractivity contribution in [2.75, 3.05) is 11.1 Å². The summed E-state index contributed by atoms with van der Waals surface area (Å²) in [6, 6.07) is 2.30. The lowest BCUT2D eigenvalue weighted by Gasteiger charge is -2.09. The van der Waals surface area contributed by atoms with Gasteiger partial charge in [-0.15, -0.1) is 0 Å². The van der Waals surface area contributed by atoms with Crippen LogP contribution in [0.5, 0.6) is 0 Å². The smallest absolute Gasteiger partial charge is 0.207 e. The van der Waals surface area contributed by atoms with Crippen LogP contribution in [-0.2, 0) is 0 Å². The monoisotopic (exact) mass is 293 g/mol. The fraction of sp³-hybridized carbons (Fsp3) is 0.385. The Bertz CT molecular complexity index is 571. The van der Waals surface area contributed by atoms with Gasteiger partial charge in [-0.3, -0.25) is 4.79 Å². The number of ketones is 1. The van der Waals surface area contributed by atoms with Gasteiger partial charge in [0.05, 0.1) is 0 Å². The largest absolute Gasteiger partial charge is 0.382 e. The average molecular weight is 293 g/mol. The van der Waals surface area contributed by atoms with Crippen LogP contribution < -0.4 is 11.1 Å². The molecule has 19 heavy (non-hydrogen) atoms. The second-order valence-electron chi connectivity index (χ2n) is 4.70. The Morgan fingerprint density at radius 2 is 2.21 bits per heavy atom. The van der Waals surface area contributed by atoms with E-state index in [4.69, 9.17) is 5.73 Å². The second kappa shape index (κ2) is 5.30. The Kier molecular flexibility index (Phi) is 3.52. The number of carbonyl (C=O) groups is 1. The number of hydrogen-bond acceptors (Lipinski definition) is 6. The number of thiophene rings is 1. The molecule has 6 heteroatoms. The molecule has 4 nitrogen and oxygen atoms in total. The molecule has 0 unspecified atom stereocenters. The van der Waals surface area contributed by atoms with Crippen molar-refractivity contribution in [3.05, 3.63) is 27.3 Å². The molecular weight excluding hydrogens is 278 g/mol. The molecule has 0 aliphatic heterocycles. The van der Waals surface area contributed by atoms with E-state index in [0.717, 1.165) is 5.13 Å². The van der Waals surface area contributed by atoms with E-state index in [0.29, 0.717) is 22.3 Å². The molecule has 1 fully saturated rings. The van der Waals surface area contributed by atoms with E-state index in [2.05, 4.69) is 10.3 Å². The van der Waals surface area contributed by atoms with Crippen molar-refractivity contribution in [2.45, 2.75) is 31.7 Å². The van der Waals surface area contributed by atoms with Gasteiger partial charge in [0.2, 0.25) is 5.78 Å². The summed E-state index contributed by atoms with van der Waals surface area (Å²) in [6.45, 7) is 0. The van der Waals surface area contributed by atoms with Gasteiger partial charge in [0.25, 0.3) is 0 Å². The molecule has 1 aliphatic rings. The van der Waals surface area contributed by atoms with E-state index < -0.39 is 0 Å². The SMILES string of the molecule is Nc1nc(NC2CCCC2)sc1C(=O)c1ccsc1. The first-order valence-corrected chi connectivity index (χ1v) is 8.09. The van der Waals surface area contributed by atoms with Gasteiger partial charge >= 0.3 is 0 Å². The normalized spacial score (nSPS) is 15.8. The number of nitrogens with zero attached hydrogens (tertiary/aromatic N) is 1. The number of nitrogens with two attached hydrogens (primary N) is 1. The minimum absolute atomic E-state index is 0.0317. The van der Waals surface area contributed by atoms with E-state index in [1.807, 2.05) is 16.8 Å². The molecule has 2 aromatic heterocycles. The van der Waals surface area contributed by atoms with Crippen LogP contribution in [0.25, 0.3) is 0 Å². The summed E-state index contributed by atoms with van der Waals surface area (Å²) >= 11 is 2.87. The molecule has 1 saturated carbocycles. The predicted molar refractivity (Wildman–Crippen MR) is 80.2 cm³/mol. The summed E-state index contributed by atoms with van der Waals surface area (Å²) < 4.78 is 0. The number of aromatic nitrogens is 1. The standard InChI is InChI=1S/C13H15N3OS2/c14-12-11(10(17)8-5-6-18-7-8)19-13(16-12)15-9-3-1-2-4-9/h5-7,9H,1-4,14H2,(H,15,16). The Hall–Kier alpha value is -1.40. The highest BCUT2D eigenvalue weighted by Gasteiger charge is 2.21. The number of rotatable bonds is 4. The van der Waals surface area contributed by atoms with Gasteiger partial charge in [0, 0.05) is 17.0 Å². The molecule has 0 amide bonds. The van der Waals surface area contributed by atoms with Gasteiger partial charge < -0.3 is 11.1 Å². The Morgan fingerprint density at radius 1 is 1.42 bits per heavy atom. The predicted octanol–water partition coefficient (Wildman–Crippen LogP) is 3.37. The summed E-state index contributed by atoms with van der Waals surface area (Å²) in [7, 11) is 0. The zero-order valence-corrected chi connectivity index (χ0v) is 12.0. The van der Waals surface area contributed by atoms with Crippen LogP contribution in [0.1, 0.15) is 40.9 Å². The highest BCUT2D eigenvalue weighted by molar-refractivity contribution is 7.18. The number of anilines is 2. The fourth-order valence-corrected chi connectivity index (χ4v) is 3.89. The van der Waals surface area contributed by atoms with Gasteiger partial charge in [0.15, 0.2) is 5.13 Å². The molecule has 0 spiro atoms. The highest BCUT2D eigenvalue weighted by Crippen LogP contribution is 2.30. The van der Waals surface area contributed by atoms with Gasteiger partial charge in [-0.1, -0.05) is 24.2 Å². The van der Waals surface area contributed by atoms with E-state index in [-0.39, 0.29) is 5.78 Å². The third-order valence-corrected chi connectivity index (χ3v) is 5.01. The lowest BCUT2D eigenvalue weighted by molar-refractivity contribution is 0.104. The van der Waals surface area contributed by atoms with E-state index in [1.54, 1.807) is 0 Å². The Balaban J connectivity index is 1.79. The highest BCUT2D eigenvalue weighted by atomic mass is 32.1. The van der Waals surface area contributed by atoms with Crippen LogP contribution >= 0.6 is 22.7 Å². The molecule has 100 valence electrons. The molecule has 2 aromatic rings. The minimum atomic E-state index is -0.0317. The molecular formula is C13H15N3OS2. The zero-order chi connectivity index (χ0) is 13.2. The van der Waals surface area contributed by atoms with E-state index in [9.17, 15) is 4.79 Å². The van der Waals surface area contributed by atoms with E-state index in [1.165, 1.54) is 48.4 Å². The maximum atomic E-state index is 12.2. The maximum absolute atomic E-state index is 12.2. The number of nitrogens with one attached hydrogen (secondary N) is 1. The van der Waals surface area contributed by atoms with Crippen molar-refractivity contribution < 1.29 is 4.79 Å². The Morgan fingerprint density at radius 3 is 2.89 bits per heavy atom. The van der Waals surface area contributed by atoms with E-state index >= 15 is 0 Å². The summed E-state index contributed by atoms with van der Waals surface area (Å²) in [4.78, 5) is 17.1. The average Bonchev–Trinajstić information content (AvgIpc) is 3.10. The molecule has 3 rings (SSSR count). The fourth-order valence-electron chi connectivity index (χ4n) is 2.33. The van der Waals surface area contributed by atoms with Crippen molar-refractivity contribution >= 4 is 39.4 Å². The summed E-state index contributed by atoms with van der Waals surface area (Å²) in [6.07, 6.45) is 4.87. The molecule has 0 radical (unpaired) electrons. The quantitative estimate of drug-likeness (QED) is 0.848. The van der Waals surface area contributed by atoms with Crippen LogP contribution in [0.3, 0.4) is 0 Å². The second-order valence-corrected chi connectivity index (χ2v) is 6.48. The first kappa shape index (κ1) is 12.6. The minimum Gasteiger partial charge on any atom is -0.382 e. The topological polar surface area (TPSA) is 68.0 Å². The summed E-state index contributed by atoms with van der Waals surface area (Å²) in [5.41, 5.74) is 6.55. The molecule has 0 aromatic carbocycles. The first-order chi connectivity index (χ1) is 9.24. The third kappa shape index (κ3) is 2.64. The zero-order valence-electron chi connectivity index (χ0n) is 10.4. The lowest BCUT2D eigenvalue weighted by Crippen LogP contribution is -2.14. The number of hydrogen-bond donors (Lipinski definition) is 2. The van der Waals surface area contributed by atoms with Gasteiger partial charge in [-0.25, -0.2) is 4.98 Å². The van der Waals surface area contributed by atoms with Crippen LogP contribution in [-0.4, -0.2) is 16.8 Å². The van der Waals surface area contributed by atoms with Crippen LogP contribution in [0, 0.1) is 0 Å². The number of nitrogen functional groups attached to an aromatic ring is 1. The van der Waals surface area contributed by atoms with Crippen molar-refractivity contribution in [1.29, 1.82) is 0 Å². The number of thiazole rings is 1. The molecule has 2 heterocycles.